The monoisotopic (exact) mass is 359 g/mol. The number of anilines is 2. The van der Waals surface area contributed by atoms with Crippen LogP contribution in [0.1, 0.15) is 23.6 Å². The molecule has 0 aliphatic rings. The maximum Gasteiger partial charge on any atom is 0.143 e. The summed E-state index contributed by atoms with van der Waals surface area (Å²) in [6.45, 7) is 6.46. The van der Waals surface area contributed by atoms with E-state index in [2.05, 4.69) is 83.9 Å². The number of hydrogen-bond acceptors (Lipinski definition) is 4. The molecule has 0 radical (unpaired) electrons. The first-order chi connectivity index (χ1) is 12.7. The lowest BCUT2D eigenvalue weighted by molar-refractivity contribution is 1.14. The van der Waals surface area contributed by atoms with Crippen LogP contribution in [0.2, 0.25) is 0 Å². The van der Waals surface area contributed by atoms with E-state index < -0.39 is 0 Å². The van der Waals surface area contributed by atoms with Crippen molar-refractivity contribution in [1.29, 1.82) is 0 Å². The van der Waals surface area contributed by atoms with Gasteiger partial charge in [0, 0.05) is 16.6 Å². The molecule has 0 bridgehead atoms. The first-order valence-corrected chi connectivity index (χ1v) is 9.70. The summed E-state index contributed by atoms with van der Waals surface area (Å²) in [6.07, 6.45) is 2.62. The van der Waals surface area contributed by atoms with Gasteiger partial charge < -0.3 is 5.32 Å². The minimum atomic E-state index is 0.868. The smallest absolute Gasteiger partial charge is 0.143 e. The molecule has 0 spiro atoms. The van der Waals surface area contributed by atoms with Crippen molar-refractivity contribution in [1.82, 2.24) is 9.97 Å². The molecule has 3 nitrogen and oxygen atoms in total. The lowest BCUT2D eigenvalue weighted by Crippen LogP contribution is -1.98. The third-order valence-electron chi connectivity index (χ3n) is 4.69. The molecular formula is C22H21N3S. The number of hydrogen-bond donors (Lipinski definition) is 1. The molecule has 0 saturated carbocycles. The summed E-state index contributed by atoms with van der Waals surface area (Å²) in [5.74, 6) is 0.868. The van der Waals surface area contributed by atoms with Gasteiger partial charge in [0.05, 0.1) is 5.39 Å². The second kappa shape index (κ2) is 6.89. The standard InChI is InChI=1S/C22H21N3S/c1-4-16-7-5-6-8-19(16)25-21-20-18(12-26-22(20)24-13-23-21)17-10-9-14(2)11-15(17)3/h5-13H,4H2,1-3H3,(H,23,24,25). The third-order valence-corrected chi connectivity index (χ3v) is 5.58. The highest BCUT2D eigenvalue weighted by Crippen LogP contribution is 2.39. The van der Waals surface area contributed by atoms with Crippen LogP contribution in [-0.4, -0.2) is 9.97 Å². The van der Waals surface area contributed by atoms with Crippen LogP contribution in [0.25, 0.3) is 21.3 Å². The average molecular weight is 359 g/mol. The lowest BCUT2D eigenvalue weighted by atomic mass is 9.99. The number of nitrogens with one attached hydrogen (secondary N) is 1. The molecule has 2 aromatic heterocycles. The van der Waals surface area contributed by atoms with Gasteiger partial charge in [-0.2, -0.15) is 0 Å². The second-order valence-corrected chi connectivity index (χ2v) is 7.36. The zero-order valence-electron chi connectivity index (χ0n) is 15.2. The Morgan fingerprint density at radius 2 is 1.85 bits per heavy atom. The van der Waals surface area contributed by atoms with Crippen molar-refractivity contribution in [2.75, 3.05) is 5.32 Å². The largest absolute Gasteiger partial charge is 0.339 e. The van der Waals surface area contributed by atoms with E-state index in [4.69, 9.17) is 0 Å². The molecule has 0 amide bonds. The van der Waals surface area contributed by atoms with Gasteiger partial charge in [0.1, 0.15) is 17.0 Å². The van der Waals surface area contributed by atoms with E-state index in [-0.39, 0.29) is 0 Å². The topological polar surface area (TPSA) is 37.8 Å². The van der Waals surface area contributed by atoms with Gasteiger partial charge in [-0.05, 0) is 43.0 Å². The fraction of sp³-hybridized carbons (Fsp3) is 0.182. The van der Waals surface area contributed by atoms with Gasteiger partial charge in [0.2, 0.25) is 0 Å². The molecule has 130 valence electrons. The van der Waals surface area contributed by atoms with Crippen LogP contribution in [-0.2, 0) is 6.42 Å². The van der Waals surface area contributed by atoms with Crippen molar-refractivity contribution in [3.63, 3.8) is 0 Å². The molecule has 0 aliphatic heterocycles. The third kappa shape index (κ3) is 2.97. The summed E-state index contributed by atoms with van der Waals surface area (Å²) >= 11 is 1.67. The van der Waals surface area contributed by atoms with Crippen molar-refractivity contribution in [2.24, 2.45) is 0 Å². The summed E-state index contributed by atoms with van der Waals surface area (Å²) in [7, 11) is 0. The minimum absolute atomic E-state index is 0.868. The Labute approximate surface area is 157 Å². The highest BCUT2D eigenvalue weighted by Gasteiger charge is 2.15. The molecule has 4 heteroatoms. The van der Waals surface area contributed by atoms with E-state index in [1.807, 2.05) is 0 Å². The number of thiophene rings is 1. The van der Waals surface area contributed by atoms with Crippen molar-refractivity contribution < 1.29 is 0 Å². The lowest BCUT2D eigenvalue weighted by Gasteiger charge is -2.12. The molecular weight excluding hydrogens is 338 g/mol. The quantitative estimate of drug-likeness (QED) is 0.466. The molecule has 4 aromatic rings. The molecule has 1 N–H and O–H groups in total. The van der Waals surface area contributed by atoms with Gasteiger partial charge in [-0.25, -0.2) is 9.97 Å². The second-order valence-electron chi connectivity index (χ2n) is 6.51. The first kappa shape index (κ1) is 16.7. The Morgan fingerprint density at radius 3 is 2.65 bits per heavy atom. The van der Waals surface area contributed by atoms with Crippen molar-refractivity contribution in [2.45, 2.75) is 27.2 Å². The molecule has 0 fully saturated rings. The maximum atomic E-state index is 4.57. The normalized spacial score (nSPS) is 11.0. The molecule has 2 aromatic carbocycles. The summed E-state index contributed by atoms with van der Waals surface area (Å²) < 4.78 is 0. The van der Waals surface area contributed by atoms with Crippen molar-refractivity contribution >= 4 is 33.1 Å². The zero-order chi connectivity index (χ0) is 18.1. The Hall–Kier alpha value is -2.72. The van der Waals surface area contributed by atoms with Gasteiger partial charge >= 0.3 is 0 Å². The van der Waals surface area contributed by atoms with Crippen LogP contribution in [0, 0.1) is 13.8 Å². The Balaban J connectivity index is 1.87. The van der Waals surface area contributed by atoms with Gasteiger partial charge in [0.25, 0.3) is 0 Å². The number of nitrogens with zero attached hydrogens (tertiary/aromatic N) is 2. The molecule has 4 rings (SSSR count). The van der Waals surface area contributed by atoms with Crippen LogP contribution in [0.4, 0.5) is 11.5 Å². The number of para-hydroxylation sites is 1. The van der Waals surface area contributed by atoms with Crippen LogP contribution in [0.5, 0.6) is 0 Å². The minimum Gasteiger partial charge on any atom is -0.339 e. The van der Waals surface area contributed by atoms with Crippen LogP contribution < -0.4 is 5.32 Å². The predicted octanol–water partition coefficient (Wildman–Crippen LogP) is 6.28. The van der Waals surface area contributed by atoms with E-state index in [0.29, 0.717) is 0 Å². The molecule has 0 aliphatic carbocycles. The maximum absolute atomic E-state index is 4.57. The first-order valence-electron chi connectivity index (χ1n) is 8.82. The van der Waals surface area contributed by atoms with E-state index >= 15 is 0 Å². The number of benzene rings is 2. The van der Waals surface area contributed by atoms with E-state index in [1.165, 1.54) is 27.8 Å². The van der Waals surface area contributed by atoms with Gasteiger partial charge in [-0.1, -0.05) is 48.9 Å². The summed E-state index contributed by atoms with van der Waals surface area (Å²) in [5.41, 5.74) is 7.36. The molecule has 0 saturated heterocycles. The number of fused-ring (bicyclic) bond motifs is 1. The Kier molecular flexibility index (Phi) is 4.43. The summed E-state index contributed by atoms with van der Waals surface area (Å²) in [4.78, 5) is 10.1. The predicted molar refractivity (Wildman–Crippen MR) is 111 cm³/mol. The number of aromatic nitrogens is 2. The van der Waals surface area contributed by atoms with Gasteiger partial charge in [-0.15, -0.1) is 11.3 Å². The van der Waals surface area contributed by atoms with Crippen LogP contribution in [0.15, 0.2) is 54.2 Å². The fourth-order valence-corrected chi connectivity index (χ4v) is 4.27. The molecule has 2 heterocycles. The number of rotatable bonds is 4. The molecule has 0 atom stereocenters. The van der Waals surface area contributed by atoms with E-state index in [0.717, 1.165) is 28.1 Å². The SMILES string of the molecule is CCc1ccccc1Nc1ncnc2scc(-c3ccc(C)cc3C)c12. The zero-order valence-corrected chi connectivity index (χ0v) is 16.0. The van der Waals surface area contributed by atoms with E-state index in [1.54, 1.807) is 17.7 Å². The van der Waals surface area contributed by atoms with Crippen LogP contribution >= 0.6 is 11.3 Å². The van der Waals surface area contributed by atoms with Crippen LogP contribution in [0.3, 0.4) is 0 Å². The highest BCUT2D eigenvalue weighted by atomic mass is 32.1. The number of aryl methyl sites for hydroxylation is 3. The highest BCUT2D eigenvalue weighted by molar-refractivity contribution is 7.17. The average Bonchev–Trinajstić information content (AvgIpc) is 3.07. The molecule has 0 unspecified atom stereocenters. The van der Waals surface area contributed by atoms with Crippen molar-refractivity contribution in [3.8, 4) is 11.1 Å². The Bertz CT molecular complexity index is 1080. The summed E-state index contributed by atoms with van der Waals surface area (Å²) in [5, 5.41) is 6.83. The Morgan fingerprint density at radius 1 is 1.00 bits per heavy atom. The summed E-state index contributed by atoms with van der Waals surface area (Å²) in [6, 6.07) is 15.0. The van der Waals surface area contributed by atoms with E-state index in [9.17, 15) is 0 Å². The van der Waals surface area contributed by atoms with Gasteiger partial charge in [-0.3, -0.25) is 0 Å². The van der Waals surface area contributed by atoms with Crippen molar-refractivity contribution in [3.05, 3.63) is 70.9 Å². The molecule has 26 heavy (non-hydrogen) atoms. The van der Waals surface area contributed by atoms with Gasteiger partial charge in [0.15, 0.2) is 0 Å². The fourth-order valence-electron chi connectivity index (χ4n) is 3.36.